The van der Waals surface area contributed by atoms with Crippen LogP contribution in [0.5, 0.6) is 0 Å². The maximum absolute atomic E-state index is 4.32. The summed E-state index contributed by atoms with van der Waals surface area (Å²) in [6, 6.07) is 42.6. The smallest absolute Gasteiger partial charge is 1.00 e. The third kappa shape index (κ3) is 8.22. The van der Waals surface area contributed by atoms with Crippen molar-refractivity contribution in [2.75, 3.05) is 0 Å². The first-order valence-corrected chi connectivity index (χ1v) is 21.9. The number of hydrogen-bond donors (Lipinski definition) is 0. The summed E-state index contributed by atoms with van der Waals surface area (Å²) in [5.41, 5.74) is 23.9. The molecule has 6 aromatic rings. The number of rotatable bonds is 7. The molecule has 0 amide bonds. The molecule has 0 saturated heterocycles. The van der Waals surface area contributed by atoms with Crippen molar-refractivity contribution in [2.45, 2.75) is 95.0 Å². The zero-order valence-electron chi connectivity index (χ0n) is 37.0. The molecule has 302 valence electrons. The molecular weight excluding hydrogens is 831 g/mol. The maximum Gasteiger partial charge on any atom is 4.00 e. The molecule has 7 rings (SSSR count). The van der Waals surface area contributed by atoms with Crippen molar-refractivity contribution in [1.82, 2.24) is 0 Å². The Bertz CT molecular complexity index is 2280. The summed E-state index contributed by atoms with van der Waals surface area (Å²) in [6.07, 6.45) is 4.32. The second-order valence-corrected chi connectivity index (χ2v) is 20.9. The fourth-order valence-corrected chi connectivity index (χ4v) is 17.2. The van der Waals surface area contributed by atoms with Crippen LogP contribution in [-0.4, -0.2) is 8.07 Å². The number of benzene rings is 6. The quantitative estimate of drug-likeness (QED) is 0.130. The summed E-state index contributed by atoms with van der Waals surface area (Å²) in [6.45, 7) is 30.0. The molecule has 1 unspecified atom stereocenters. The Balaban J connectivity index is 0.00000233. The van der Waals surface area contributed by atoms with Crippen LogP contribution in [0.15, 0.2) is 126 Å². The Hall–Kier alpha value is -3.40. The van der Waals surface area contributed by atoms with E-state index in [2.05, 4.69) is 205 Å². The Morgan fingerprint density at radius 1 is 0.407 bits per heavy atom. The topological polar surface area (TPSA) is 0 Å². The molecule has 0 fully saturated rings. The summed E-state index contributed by atoms with van der Waals surface area (Å²) in [7, 11) is -3.31. The van der Waals surface area contributed by atoms with E-state index in [0.29, 0.717) is 0 Å². The van der Waals surface area contributed by atoms with Gasteiger partial charge < -0.3 is 37.2 Å². The summed E-state index contributed by atoms with van der Waals surface area (Å²) >= 11 is 0. The van der Waals surface area contributed by atoms with Gasteiger partial charge in [0, 0.05) is 0 Å². The van der Waals surface area contributed by atoms with Gasteiger partial charge in [-0.15, -0.1) is 6.92 Å². The zero-order valence-corrected chi connectivity index (χ0v) is 41.9. The summed E-state index contributed by atoms with van der Waals surface area (Å²) < 4.78 is 0. The van der Waals surface area contributed by atoms with E-state index in [4.69, 9.17) is 0 Å². The van der Waals surface area contributed by atoms with Gasteiger partial charge in [0.25, 0.3) is 0 Å². The number of aryl methyl sites for hydroxylation is 9. The molecule has 0 bridgehead atoms. The van der Waals surface area contributed by atoms with Crippen LogP contribution < -0.4 is 52.8 Å². The van der Waals surface area contributed by atoms with Crippen molar-refractivity contribution in [2.24, 2.45) is 0 Å². The van der Waals surface area contributed by atoms with Gasteiger partial charge in [-0.25, -0.2) is 5.57 Å². The van der Waals surface area contributed by atoms with Gasteiger partial charge in [0.15, 0.2) is 0 Å². The van der Waals surface area contributed by atoms with Gasteiger partial charge >= 0.3 is 21.7 Å². The molecule has 0 heterocycles. The van der Waals surface area contributed by atoms with E-state index < -0.39 is 13.1 Å². The molecule has 59 heavy (non-hydrogen) atoms. The summed E-state index contributed by atoms with van der Waals surface area (Å²) in [5, 5.41) is 3.87. The van der Waals surface area contributed by atoms with E-state index in [1.807, 2.05) is 0 Å². The first-order chi connectivity index (χ1) is 26.1. The molecule has 0 aliphatic heterocycles. The van der Waals surface area contributed by atoms with Crippen molar-refractivity contribution in [3.05, 3.63) is 182 Å². The van der Waals surface area contributed by atoms with Crippen LogP contribution in [0, 0.1) is 68.4 Å². The van der Waals surface area contributed by atoms with Gasteiger partial charge in [-0.05, 0) is 145 Å². The predicted octanol–water partition coefficient (Wildman–Crippen LogP) is 3.80. The second-order valence-electron chi connectivity index (χ2n) is 16.8. The Labute approximate surface area is 390 Å². The minimum atomic E-state index is -3.31. The third-order valence-electron chi connectivity index (χ3n) is 12.9. The van der Waals surface area contributed by atoms with Gasteiger partial charge in [0.2, 0.25) is 0 Å². The number of halogens is 3. The van der Waals surface area contributed by atoms with E-state index in [1.165, 1.54) is 116 Å². The number of allylic oxidation sites excluding steroid dienone is 4. The molecule has 0 nitrogen and oxygen atoms in total. The molecule has 0 aromatic heterocycles. The molecule has 5 heteroatoms. The number of hydrogen-bond acceptors (Lipinski definition) is 0. The average molecular weight is 888 g/mol. The minimum absolute atomic E-state index is 0. The van der Waals surface area contributed by atoms with E-state index in [9.17, 15) is 0 Å². The van der Waals surface area contributed by atoms with Gasteiger partial charge in [-0.1, -0.05) is 152 Å². The fourth-order valence-electron chi connectivity index (χ4n) is 10.7. The van der Waals surface area contributed by atoms with E-state index in [1.54, 1.807) is 0 Å². The van der Waals surface area contributed by atoms with Gasteiger partial charge in [0.05, 0.1) is 0 Å². The van der Waals surface area contributed by atoms with Gasteiger partial charge in [-0.3, -0.25) is 6.08 Å². The third-order valence-corrected chi connectivity index (χ3v) is 18.6. The summed E-state index contributed by atoms with van der Waals surface area (Å²) in [5.74, 6) is 0. The maximum atomic E-state index is 4.32. The first-order valence-electron chi connectivity index (χ1n) is 19.9. The predicted molar refractivity (Wildman–Crippen MR) is 242 cm³/mol. The van der Waals surface area contributed by atoms with Crippen LogP contribution in [0.25, 0.3) is 33.4 Å². The van der Waals surface area contributed by atoms with Crippen molar-refractivity contribution in [3.63, 3.8) is 0 Å². The average Bonchev–Trinajstić information content (AvgIpc) is 3.31. The standard InChI is InChI=1S/C54H57Si.3ClH.Ti/c1-33-26-36(4)51(37(5)27-33)45-20-14-17-23-48(45)55(54(13)32-42(10)43(11)44(54)12,49-24-18-15-21-46(49)52-38(6)28-34(2)29-39(52)7)50-25-19-16-22-47(50)53-40(8)30-35(3)31-41(53)9;;;;/h14-31H,1-13H3;3*1H;/q-1;;;;+4/p-3. The molecule has 1 aliphatic rings. The molecule has 0 N–H and O–H groups in total. The second kappa shape index (κ2) is 19.1. The van der Waals surface area contributed by atoms with Crippen LogP contribution in [0.1, 0.15) is 77.8 Å². The zero-order chi connectivity index (χ0) is 39.6. The Kier molecular flexibility index (Phi) is 16.2. The fraction of sp³-hybridized carbons (Fsp3) is 0.259. The molecule has 0 radical (unpaired) electrons. The van der Waals surface area contributed by atoms with Gasteiger partial charge in [0.1, 0.15) is 8.07 Å². The van der Waals surface area contributed by atoms with Crippen molar-refractivity contribution in [1.29, 1.82) is 0 Å². The van der Waals surface area contributed by atoms with Crippen LogP contribution in [-0.2, 0) is 21.7 Å². The first kappa shape index (κ1) is 50.0. The molecule has 1 aliphatic carbocycles. The van der Waals surface area contributed by atoms with Crippen LogP contribution in [0.2, 0.25) is 5.04 Å². The Morgan fingerprint density at radius 2 is 0.661 bits per heavy atom. The normalized spacial score (nSPS) is 14.8. The Morgan fingerprint density at radius 3 is 0.898 bits per heavy atom. The monoisotopic (exact) mass is 886 g/mol. The molecular formula is C54H57Cl3SiTi. The molecule has 0 saturated carbocycles. The van der Waals surface area contributed by atoms with Gasteiger partial charge in [-0.2, -0.15) is 11.1 Å². The van der Waals surface area contributed by atoms with E-state index in [0.717, 1.165) is 0 Å². The van der Waals surface area contributed by atoms with Crippen LogP contribution in [0.3, 0.4) is 0 Å². The summed E-state index contributed by atoms with van der Waals surface area (Å²) in [4.78, 5) is 0. The van der Waals surface area contributed by atoms with Crippen LogP contribution in [0.4, 0.5) is 0 Å². The SMILES string of the molecule is CC1=[C-]C(C)([Si](c2ccccc2-c2c(C)cc(C)cc2C)(c2ccccc2-c2c(C)cc(C)cc2C)c2ccccc2-c2c(C)cc(C)cc2C)C(C)=C1C.[Cl-].[Cl-].[Cl-].[Ti+4]. The van der Waals surface area contributed by atoms with Crippen molar-refractivity contribution >= 4 is 23.6 Å². The molecule has 6 aromatic carbocycles. The minimum Gasteiger partial charge on any atom is -1.00 e. The van der Waals surface area contributed by atoms with E-state index in [-0.39, 0.29) is 58.9 Å². The van der Waals surface area contributed by atoms with Crippen molar-refractivity contribution in [3.8, 4) is 33.4 Å². The molecule has 1 atom stereocenters. The largest absolute Gasteiger partial charge is 4.00 e. The van der Waals surface area contributed by atoms with E-state index >= 15 is 0 Å². The van der Waals surface area contributed by atoms with Crippen molar-refractivity contribution < 1.29 is 58.9 Å². The van der Waals surface area contributed by atoms with Crippen LogP contribution >= 0.6 is 0 Å². The molecule has 0 spiro atoms.